The van der Waals surface area contributed by atoms with Crippen molar-refractivity contribution in [1.29, 1.82) is 0 Å². The van der Waals surface area contributed by atoms with Crippen LogP contribution in [0.25, 0.3) is 0 Å². The highest BCUT2D eigenvalue weighted by atomic mass is 16.5. The fourth-order valence-electron chi connectivity index (χ4n) is 1.58. The molecule has 0 aliphatic heterocycles. The van der Waals surface area contributed by atoms with E-state index in [1.54, 1.807) is 6.92 Å². The molecule has 1 aromatic rings. The van der Waals surface area contributed by atoms with E-state index in [9.17, 15) is 4.79 Å². The van der Waals surface area contributed by atoms with Crippen LogP contribution in [-0.4, -0.2) is 22.7 Å². The van der Waals surface area contributed by atoms with Gasteiger partial charge >= 0.3 is 5.97 Å². The van der Waals surface area contributed by atoms with Gasteiger partial charge in [0.1, 0.15) is 0 Å². The number of hydrogen-bond acceptors (Lipinski definition) is 5. The Morgan fingerprint density at radius 2 is 2.41 bits per heavy atom. The molecule has 90 valence electrons. The molecule has 0 saturated heterocycles. The van der Waals surface area contributed by atoms with Crippen molar-refractivity contribution in [3.05, 3.63) is 35.5 Å². The Morgan fingerprint density at radius 3 is 3.12 bits per heavy atom. The molecule has 0 bridgehead atoms. The van der Waals surface area contributed by atoms with Crippen LogP contribution in [0.5, 0.6) is 0 Å². The van der Waals surface area contributed by atoms with Crippen molar-refractivity contribution in [2.75, 3.05) is 6.61 Å². The van der Waals surface area contributed by atoms with Crippen LogP contribution >= 0.6 is 0 Å². The first-order valence-electron chi connectivity index (χ1n) is 5.65. The molecule has 0 N–H and O–H groups in total. The van der Waals surface area contributed by atoms with Gasteiger partial charge in [0.25, 0.3) is 5.82 Å². The zero-order valence-electron chi connectivity index (χ0n) is 9.68. The van der Waals surface area contributed by atoms with Crippen molar-refractivity contribution < 1.29 is 14.1 Å². The molecule has 0 amide bonds. The quantitative estimate of drug-likeness (QED) is 0.746. The molecule has 1 aliphatic carbocycles. The van der Waals surface area contributed by atoms with Crippen molar-refractivity contribution in [3.8, 4) is 0 Å². The molecule has 1 heterocycles. The predicted octanol–water partition coefficient (Wildman–Crippen LogP) is 2.07. The molecule has 2 rings (SSSR count). The number of rotatable bonds is 4. The van der Waals surface area contributed by atoms with Gasteiger partial charge in [-0.05, 0) is 30.5 Å². The SMILES string of the molecule is CCOC(=O)c1noc(CC2=CCCC=C2)n1. The molecule has 0 aromatic carbocycles. The first-order chi connectivity index (χ1) is 8.29. The van der Waals surface area contributed by atoms with E-state index in [4.69, 9.17) is 9.26 Å². The largest absolute Gasteiger partial charge is 0.460 e. The highest BCUT2D eigenvalue weighted by Gasteiger charge is 2.15. The van der Waals surface area contributed by atoms with Crippen LogP contribution in [0.1, 0.15) is 36.3 Å². The molecule has 1 aliphatic rings. The van der Waals surface area contributed by atoms with Crippen LogP contribution in [0.3, 0.4) is 0 Å². The summed E-state index contributed by atoms with van der Waals surface area (Å²) in [5, 5.41) is 3.59. The molecule has 1 aromatic heterocycles. The Kier molecular flexibility index (Phi) is 3.69. The Bertz CT molecular complexity index is 460. The summed E-state index contributed by atoms with van der Waals surface area (Å²) < 4.78 is 9.78. The molecule has 0 fully saturated rings. The fraction of sp³-hybridized carbons (Fsp3) is 0.417. The van der Waals surface area contributed by atoms with Crippen LogP contribution in [0.2, 0.25) is 0 Å². The second-order valence-electron chi connectivity index (χ2n) is 3.67. The van der Waals surface area contributed by atoms with E-state index in [0.29, 0.717) is 18.9 Å². The normalized spacial score (nSPS) is 14.5. The maximum Gasteiger partial charge on any atom is 0.379 e. The van der Waals surface area contributed by atoms with E-state index in [1.807, 2.05) is 6.08 Å². The van der Waals surface area contributed by atoms with Crippen molar-refractivity contribution in [2.45, 2.75) is 26.2 Å². The minimum absolute atomic E-state index is 0.0118. The van der Waals surface area contributed by atoms with E-state index in [2.05, 4.69) is 22.3 Å². The zero-order valence-corrected chi connectivity index (χ0v) is 9.68. The molecule has 0 atom stereocenters. The van der Waals surface area contributed by atoms with Gasteiger partial charge in [-0.15, -0.1) is 0 Å². The summed E-state index contributed by atoms with van der Waals surface area (Å²) in [5.41, 5.74) is 1.13. The third-order valence-electron chi connectivity index (χ3n) is 2.35. The number of carbonyl (C=O) groups excluding carboxylic acids is 1. The Balaban J connectivity index is 2.01. The third-order valence-corrected chi connectivity index (χ3v) is 2.35. The van der Waals surface area contributed by atoms with Crippen LogP contribution in [-0.2, 0) is 11.2 Å². The Hall–Kier alpha value is -1.91. The standard InChI is InChI=1S/C12H14N2O3/c1-2-16-12(15)11-13-10(17-14-11)8-9-6-4-3-5-7-9/h4,6-7H,2-3,5,8H2,1H3. The van der Waals surface area contributed by atoms with Gasteiger partial charge in [0.15, 0.2) is 0 Å². The lowest BCUT2D eigenvalue weighted by atomic mass is 10.0. The topological polar surface area (TPSA) is 65.2 Å². The second kappa shape index (κ2) is 5.43. The zero-order chi connectivity index (χ0) is 12.1. The van der Waals surface area contributed by atoms with E-state index in [-0.39, 0.29) is 5.82 Å². The predicted molar refractivity (Wildman–Crippen MR) is 60.4 cm³/mol. The molecule has 0 saturated carbocycles. The van der Waals surface area contributed by atoms with Crippen molar-refractivity contribution in [2.24, 2.45) is 0 Å². The molecule has 5 nitrogen and oxygen atoms in total. The average molecular weight is 234 g/mol. The van der Waals surface area contributed by atoms with Crippen LogP contribution in [0, 0.1) is 0 Å². The monoisotopic (exact) mass is 234 g/mol. The average Bonchev–Trinajstić information content (AvgIpc) is 2.79. The van der Waals surface area contributed by atoms with E-state index < -0.39 is 5.97 Å². The maximum absolute atomic E-state index is 11.3. The molecule has 0 radical (unpaired) electrons. The Morgan fingerprint density at radius 1 is 1.53 bits per heavy atom. The van der Waals surface area contributed by atoms with Gasteiger partial charge in [-0.3, -0.25) is 0 Å². The molecule has 5 heteroatoms. The van der Waals surface area contributed by atoms with Gasteiger partial charge in [-0.25, -0.2) is 4.79 Å². The van der Waals surface area contributed by atoms with Crippen molar-refractivity contribution in [3.63, 3.8) is 0 Å². The summed E-state index contributed by atoms with van der Waals surface area (Å²) in [4.78, 5) is 15.3. The number of allylic oxidation sites excluding steroid dienone is 4. The van der Waals surface area contributed by atoms with Gasteiger partial charge in [-0.2, -0.15) is 4.98 Å². The third kappa shape index (κ3) is 3.03. The first-order valence-corrected chi connectivity index (χ1v) is 5.65. The lowest BCUT2D eigenvalue weighted by Crippen LogP contribution is -2.06. The number of carbonyl (C=O) groups is 1. The number of hydrogen-bond donors (Lipinski definition) is 0. The van der Waals surface area contributed by atoms with Gasteiger partial charge in [0.2, 0.25) is 5.89 Å². The lowest BCUT2D eigenvalue weighted by Gasteiger charge is -2.02. The van der Waals surface area contributed by atoms with Crippen LogP contribution in [0.4, 0.5) is 0 Å². The fourth-order valence-corrected chi connectivity index (χ4v) is 1.58. The minimum atomic E-state index is -0.546. The molecular formula is C12H14N2O3. The van der Waals surface area contributed by atoms with E-state index >= 15 is 0 Å². The summed E-state index contributed by atoms with van der Waals surface area (Å²) in [6.45, 7) is 2.03. The summed E-state index contributed by atoms with van der Waals surface area (Å²) >= 11 is 0. The van der Waals surface area contributed by atoms with Crippen LogP contribution < -0.4 is 0 Å². The maximum atomic E-state index is 11.3. The van der Waals surface area contributed by atoms with Crippen LogP contribution in [0.15, 0.2) is 28.3 Å². The van der Waals surface area contributed by atoms with E-state index in [1.165, 1.54) is 0 Å². The molecule has 0 spiro atoms. The Labute approximate surface area is 99.2 Å². The van der Waals surface area contributed by atoms with Gasteiger partial charge in [0, 0.05) is 0 Å². The van der Waals surface area contributed by atoms with Gasteiger partial charge in [-0.1, -0.05) is 18.2 Å². The van der Waals surface area contributed by atoms with Gasteiger partial charge < -0.3 is 9.26 Å². The summed E-state index contributed by atoms with van der Waals surface area (Å²) in [5.74, 6) is -0.122. The highest BCUT2D eigenvalue weighted by molar-refractivity contribution is 5.84. The summed E-state index contributed by atoms with van der Waals surface area (Å²) in [6, 6.07) is 0. The highest BCUT2D eigenvalue weighted by Crippen LogP contribution is 2.14. The van der Waals surface area contributed by atoms with Crippen molar-refractivity contribution >= 4 is 5.97 Å². The van der Waals surface area contributed by atoms with Crippen molar-refractivity contribution in [1.82, 2.24) is 10.1 Å². The molecule has 17 heavy (non-hydrogen) atoms. The smallest absolute Gasteiger partial charge is 0.379 e. The van der Waals surface area contributed by atoms with E-state index in [0.717, 1.165) is 18.4 Å². The summed E-state index contributed by atoms with van der Waals surface area (Å²) in [7, 11) is 0. The first kappa shape index (κ1) is 11.6. The number of aromatic nitrogens is 2. The molecular weight excluding hydrogens is 220 g/mol. The second-order valence-corrected chi connectivity index (χ2v) is 3.67. The lowest BCUT2D eigenvalue weighted by molar-refractivity contribution is 0.0508. The number of ether oxygens (including phenoxy) is 1. The summed E-state index contributed by atoms with van der Waals surface area (Å²) in [6.07, 6.45) is 8.94. The molecule has 0 unspecified atom stereocenters. The number of nitrogens with zero attached hydrogens (tertiary/aromatic N) is 2. The van der Waals surface area contributed by atoms with Gasteiger partial charge in [0.05, 0.1) is 13.0 Å². The minimum Gasteiger partial charge on any atom is -0.460 e. The number of esters is 1.